The van der Waals surface area contributed by atoms with Gasteiger partial charge in [-0.1, -0.05) is 0 Å². The second kappa shape index (κ2) is 6.49. The molecule has 0 aliphatic carbocycles. The zero-order valence-electron chi connectivity index (χ0n) is 11.7. The maximum atomic E-state index is 10.1. The molecule has 6 heteroatoms. The number of rotatable bonds is 6. The molecule has 6 nitrogen and oxygen atoms in total. The molecule has 0 aliphatic rings. The second-order valence-corrected chi connectivity index (χ2v) is 4.90. The molecule has 2 aromatic rings. The fourth-order valence-corrected chi connectivity index (χ4v) is 2.07. The standard InChI is InChI=1S/C14H20N4O2/c1-10(7-18-4-3-15-9-18)16-6-13-12(8-19)5-17-11(2)14(13)20/h3-5,9-10,16,19-20H,6-8H2,1-2H3. The summed E-state index contributed by atoms with van der Waals surface area (Å²) in [5.41, 5.74) is 1.93. The van der Waals surface area contributed by atoms with Gasteiger partial charge in [0.2, 0.25) is 0 Å². The fraction of sp³-hybridized carbons (Fsp3) is 0.429. The molecule has 0 radical (unpaired) electrons. The number of aliphatic hydroxyl groups is 1. The summed E-state index contributed by atoms with van der Waals surface area (Å²) in [6.07, 6.45) is 7.03. The number of imidazole rings is 1. The van der Waals surface area contributed by atoms with Crippen LogP contribution in [0.25, 0.3) is 0 Å². The van der Waals surface area contributed by atoms with Crippen molar-refractivity contribution < 1.29 is 10.2 Å². The molecule has 2 rings (SSSR count). The van der Waals surface area contributed by atoms with Gasteiger partial charge in [-0.25, -0.2) is 4.98 Å². The Morgan fingerprint density at radius 2 is 2.25 bits per heavy atom. The van der Waals surface area contributed by atoms with Crippen molar-refractivity contribution in [2.75, 3.05) is 0 Å². The molecule has 0 spiro atoms. The Morgan fingerprint density at radius 1 is 1.45 bits per heavy atom. The Hall–Kier alpha value is -1.92. The highest BCUT2D eigenvalue weighted by Gasteiger charge is 2.12. The fourth-order valence-electron chi connectivity index (χ4n) is 2.07. The lowest BCUT2D eigenvalue weighted by atomic mass is 10.1. The van der Waals surface area contributed by atoms with E-state index in [9.17, 15) is 10.2 Å². The van der Waals surface area contributed by atoms with Gasteiger partial charge in [-0.3, -0.25) is 4.98 Å². The number of pyridine rings is 1. The van der Waals surface area contributed by atoms with Crippen molar-refractivity contribution in [3.8, 4) is 5.75 Å². The summed E-state index contributed by atoms with van der Waals surface area (Å²) in [7, 11) is 0. The first-order valence-electron chi connectivity index (χ1n) is 6.58. The van der Waals surface area contributed by atoms with Crippen LogP contribution in [-0.2, 0) is 19.7 Å². The number of aromatic hydroxyl groups is 1. The summed E-state index contributed by atoms with van der Waals surface area (Å²) in [6.45, 7) is 4.95. The van der Waals surface area contributed by atoms with E-state index < -0.39 is 0 Å². The molecule has 108 valence electrons. The van der Waals surface area contributed by atoms with Crippen LogP contribution in [0, 0.1) is 6.92 Å². The van der Waals surface area contributed by atoms with Gasteiger partial charge in [-0.05, 0) is 13.8 Å². The Kier molecular flexibility index (Phi) is 4.70. The summed E-state index contributed by atoms with van der Waals surface area (Å²) in [6, 6.07) is 0.212. The lowest BCUT2D eigenvalue weighted by molar-refractivity contribution is 0.278. The molecule has 3 N–H and O–H groups in total. The van der Waals surface area contributed by atoms with Gasteiger partial charge in [0.15, 0.2) is 0 Å². The molecule has 0 aliphatic heterocycles. The molecule has 0 bridgehead atoms. The Labute approximate surface area is 118 Å². The first-order chi connectivity index (χ1) is 9.61. The first kappa shape index (κ1) is 14.5. The van der Waals surface area contributed by atoms with Crippen molar-refractivity contribution in [1.82, 2.24) is 19.9 Å². The molecular formula is C14H20N4O2. The van der Waals surface area contributed by atoms with E-state index in [4.69, 9.17) is 0 Å². The number of aliphatic hydroxyl groups excluding tert-OH is 1. The summed E-state index contributed by atoms with van der Waals surface area (Å²) in [5.74, 6) is 0.152. The molecule has 0 aromatic carbocycles. The van der Waals surface area contributed by atoms with Gasteiger partial charge < -0.3 is 20.1 Å². The van der Waals surface area contributed by atoms with Crippen LogP contribution in [-0.4, -0.2) is 30.8 Å². The number of hydrogen-bond donors (Lipinski definition) is 3. The van der Waals surface area contributed by atoms with Crippen LogP contribution < -0.4 is 5.32 Å². The van der Waals surface area contributed by atoms with Crippen molar-refractivity contribution in [2.24, 2.45) is 0 Å². The Bertz CT molecular complexity index is 555. The minimum atomic E-state index is -0.131. The Balaban J connectivity index is 2.01. The van der Waals surface area contributed by atoms with E-state index >= 15 is 0 Å². The van der Waals surface area contributed by atoms with Crippen LogP contribution in [0.15, 0.2) is 24.9 Å². The minimum Gasteiger partial charge on any atom is -0.506 e. The number of hydrogen-bond acceptors (Lipinski definition) is 5. The van der Waals surface area contributed by atoms with Crippen LogP contribution in [0.1, 0.15) is 23.7 Å². The Morgan fingerprint density at radius 3 is 2.90 bits per heavy atom. The topological polar surface area (TPSA) is 83.2 Å². The average molecular weight is 276 g/mol. The predicted octanol–water partition coefficient (Wildman–Crippen LogP) is 0.963. The lowest BCUT2D eigenvalue weighted by Crippen LogP contribution is -2.30. The van der Waals surface area contributed by atoms with Crippen molar-refractivity contribution in [2.45, 2.75) is 39.6 Å². The van der Waals surface area contributed by atoms with Crippen molar-refractivity contribution in [3.05, 3.63) is 41.7 Å². The molecule has 0 fully saturated rings. The molecule has 0 saturated heterocycles. The first-order valence-corrected chi connectivity index (χ1v) is 6.58. The molecule has 1 unspecified atom stereocenters. The largest absolute Gasteiger partial charge is 0.506 e. The highest BCUT2D eigenvalue weighted by Crippen LogP contribution is 2.23. The molecular weight excluding hydrogens is 256 g/mol. The minimum absolute atomic E-state index is 0.131. The number of aromatic nitrogens is 3. The summed E-state index contributed by atoms with van der Waals surface area (Å²) < 4.78 is 1.99. The quantitative estimate of drug-likeness (QED) is 0.732. The summed E-state index contributed by atoms with van der Waals surface area (Å²) in [4.78, 5) is 8.05. The van der Waals surface area contributed by atoms with Crippen molar-refractivity contribution in [1.29, 1.82) is 0 Å². The molecule has 1 atom stereocenters. The van der Waals surface area contributed by atoms with Gasteiger partial charge in [-0.2, -0.15) is 0 Å². The zero-order valence-corrected chi connectivity index (χ0v) is 11.7. The van der Waals surface area contributed by atoms with E-state index in [1.807, 2.05) is 10.8 Å². The monoisotopic (exact) mass is 276 g/mol. The van der Waals surface area contributed by atoms with Crippen molar-refractivity contribution >= 4 is 0 Å². The third-order valence-corrected chi connectivity index (χ3v) is 3.27. The third-order valence-electron chi connectivity index (χ3n) is 3.27. The maximum Gasteiger partial charge on any atom is 0.141 e. The van der Waals surface area contributed by atoms with Crippen LogP contribution in [0.4, 0.5) is 0 Å². The van der Waals surface area contributed by atoms with Gasteiger partial charge >= 0.3 is 0 Å². The third kappa shape index (κ3) is 3.34. The van der Waals surface area contributed by atoms with Crippen LogP contribution in [0.5, 0.6) is 5.75 Å². The van der Waals surface area contributed by atoms with Crippen LogP contribution in [0.3, 0.4) is 0 Å². The molecule has 0 saturated carbocycles. The molecule has 2 heterocycles. The van der Waals surface area contributed by atoms with E-state index in [1.165, 1.54) is 0 Å². The maximum absolute atomic E-state index is 10.1. The van der Waals surface area contributed by atoms with Crippen molar-refractivity contribution in [3.63, 3.8) is 0 Å². The molecule has 0 amide bonds. The second-order valence-electron chi connectivity index (χ2n) is 4.90. The zero-order chi connectivity index (χ0) is 14.5. The van der Waals surface area contributed by atoms with E-state index in [0.717, 1.165) is 6.54 Å². The van der Waals surface area contributed by atoms with Gasteiger partial charge in [0, 0.05) is 48.8 Å². The number of aryl methyl sites for hydroxylation is 1. The summed E-state index contributed by atoms with van der Waals surface area (Å²) >= 11 is 0. The molecule has 20 heavy (non-hydrogen) atoms. The number of nitrogens with one attached hydrogen (secondary N) is 1. The highest BCUT2D eigenvalue weighted by molar-refractivity contribution is 5.40. The normalized spacial score (nSPS) is 12.6. The van der Waals surface area contributed by atoms with Crippen LogP contribution >= 0.6 is 0 Å². The summed E-state index contributed by atoms with van der Waals surface area (Å²) in [5, 5.41) is 22.7. The van der Waals surface area contributed by atoms with Gasteiger partial charge in [-0.15, -0.1) is 0 Å². The van der Waals surface area contributed by atoms with Gasteiger partial charge in [0.1, 0.15) is 5.75 Å². The average Bonchev–Trinajstić information content (AvgIpc) is 2.93. The van der Waals surface area contributed by atoms with E-state index in [2.05, 4.69) is 22.2 Å². The van der Waals surface area contributed by atoms with Crippen LogP contribution in [0.2, 0.25) is 0 Å². The lowest BCUT2D eigenvalue weighted by Gasteiger charge is -2.17. The predicted molar refractivity (Wildman–Crippen MR) is 75.1 cm³/mol. The molecule has 2 aromatic heterocycles. The van der Waals surface area contributed by atoms with E-state index in [0.29, 0.717) is 23.4 Å². The van der Waals surface area contributed by atoms with Gasteiger partial charge in [0.25, 0.3) is 0 Å². The van der Waals surface area contributed by atoms with E-state index in [1.54, 1.807) is 25.6 Å². The highest BCUT2D eigenvalue weighted by atomic mass is 16.3. The number of nitrogens with zero attached hydrogens (tertiary/aromatic N) is 3. The smallest absolute Gasteiger partial charge is 0.141 e. The van der Waals surface area contributed by atoms with Gasteiger partial charge in [0.05, 0.1) is 18.6 Å². The SMILES string of the molecule is Cc1ncc(CO)c(CNC(C)Cn2ccnc2)c1O. The van der Waals surface area contributed by atoms with E-state index in [-0.39, 0.29) is 18.4 Å².